The van der Waals surface area contributed by atoms with Crippen LogP contribution in [0.15, 0.2) is 11.2 Å². The first-order valence-electron chi connectivity index (χ1n) is 5.69. The molecule has 0 saturated carbocycles. The number of hydrogen-bond acceptors (Lipinski definition) is 3. The van der Waals surface area contributed by atoms with Crippen molar-refractivity contribution in [2.45, 2.75) is 53.1 Å². The molecule has 0 aliphatic rings. The van der Waals surface area contributed by atoms with Crippen molar-refractivity contribution in [1.29, 1.82) is 0 Å². The van der Waals surface area contributed by atoms with Gasteiger partial charge in [0.05, 0.1) is 6.20 Å². The summed E-state index contributed by atoms with van der Waals surface area (Å²) in [5, 5.41) is 9.35. The van der Waals surface area contributed by atoms with Crippen molar-refractivity contribution in [2.75, 3.05) is 5.75 Å². The number of hydrogen-bond donors (Lipinski definition) is 0. The van der Waals surface area contributed by atoms with E-state index < -0.39 is 0 Å². The summed E-state index contributed by atoms with van der Waals surface area (Å²) < 4.78 is 1.94. The molecule has 0 aromatic carbocycles. The Hall–Kier alpha value is -0.510. The van der Waals surface area contributed by atoms with Crippen LogP contribution in [-0.2, 0) is 6.54 Å². The maximum atomic E-state index is 4.18. The lowest BCUT2D eigenvalue weighted by atomic mass is 9.97. The number of nitrogens with zero attached hydrogens (tertiary/aromatic N) is 3. The molecule has 1 heterocycles. The average Bonchev–Trinajstić information content (AvgIpc) is 2.44. The van der Waals surface area contributed by atoms with Crippen LogP contribution < -0.4 is 0 Å². The van der Waals surface area contributed by atoms with Crippen molar-refractivity contribution in [3.63, 3.8) is 0 Å². The van der Waals surface area contributed by atoms with Gasteiger partial charge < -0.3 is 0 Å². The summed E-state index contributed by atoms with van der Waals surface area (Å²) in [4.78, 5) is 0. The van der Waals surface area contributed by atoms with Crippen LogP contribution in [0.25, 0.3) is 0 Å². The monoisotopic (exact) mass is 241 g/mol. The van der Waals surface area contributed by atoms with Gasteiger partial charge in [-0.1, -0.05) is 46.8 Å². The molecule has 0 atom stereocenters. The van der Waals surface area contributed by atoms with Gasteiger partial charge in [-0.05, 0) is 10.8 Å². The Bertz CT molecular complexity index is 331. The van der Waals surface area contributed by atoms with Gasteiger partial charge in [0.1, 0.15) is 5.03 Å². The molecule has 1 rings (SSSR count). The largest absolute Gasteiger partial charge is 0.251 e. The fourth-order valence-corrected chi connectivity index (χ4v) is 2.07. The second kappa shape index (κ2) is 4.78. The van der Waals surface area contributed by atoms with Crippen LogP contribution in [0.4, 0.5) is 0 Å². The van der Waals surface area contributed by atoms with Crippen molar-refractivity contribution in [2.24, 2.45) is 10.8 Å². The Labute approximate surface area is 103 Å². The Morgan fingerprint density at radius 2 is 1.75 bits per heavy atom. The minimum Gasteiger partial charge on any atom is -0.251 e. The van der Waals surface area contributed by atoms with Crippen molar-refractivity contribution in [1.82, 2.24) is 15.0 Å². The average molecular weight is 241 g/mol. The van der Waals surface area contributed by atoms with Crippen LogP contribution in [0.3, 0.4) is 0 Å². The van der Waals surface area contributed by atoms with Crippen LogP contribution in [0.1, 0.15) is 41.5 Å². The zero-order chi connectivity index (χ0) is 12.4. The lowest BCUT2D eigenvalue weighted by Gasteiger charge is -2.17. The Morgan fingerprint density at radius 1 is 1.12 bits per heavy atom. The maximum Gasteiger partial charge on any atom is 0.138 e. The number of rotatable bonds is 3. The van der Waals surface area contributed by atoms with Gasteiger partial charge in [-0.2, -0.15) is 0 Å². The van der Waals surface area contributed by atoms with Gasteiger partial charge in [-0.25, -0.2) is 0 Å². The predicted molar refractivity (Wildman–Crippen MR) is 69.7 cm³/mol. The summed E-state index contributed by atoms with van der Waals surface area (Å²) in [5.74, 6) is 1.07. The van der Waals surface area contributed by atoms with Gasteiger partial charge in [-0.15, -0.1) is 16.9 Å². The summed E-state index contributed by atoms with van der Waals surface area (Å²) in [6.07, 6.45) is 2.04. The molecule has 3 nitrogen and oxygen atoms in total. The molecule has 0 fully saturated rings. The maximum absolute atomic E-state index is 4.18. The first-order chi connectivity index (χ1) is 7.16. The van der Waals surface area contributed by atoms with E-state index in [1.807, 2.05) is 10.9 Å². The molecule has 0 unspecified atom stereocenters. The SMILES string of the molecule is CC(C)(C)CSc1cn(CC(C)(C)C)nn1. The highest BCUT2D eigenvalue weighted by molar-refractivity contribution is 7.99. The fraction of sp³-hybridized carbons (Fsp3) is 0.833. The van der Waals surface area contributed by atoms with Crippen LogP contribution in [0.2, 0.25) is 0 Å². The first-order valence-corrected chi connectivity index (χ1v) is 6.67. The van der Waals surface area contributed by atoms with Crippen molar-refractivity contribution >= 4 is 11.8 Å². The minimum atomic E-state index is 0.250. The van der Waals surface area contributed by atoms with E-state index in [4.69, 9.17) is 0 Å². The summed E-state index contributed by atoms with van der Waals surface area (Å²) in [6.45, 7) is 14.2. The van der Waals surface area contributed by atoms with E-state index in [1.54, 1.807) is 11.8 Å². The van der Waals surface area contributed by atoms with Gasteiger partial charge in [0.15, 0.2) is 0 Å². The molecule has 0 N–H and O–H groups in total. The molecule has 0 aliphatic heterocycles. The molecule has 4 heteroatoms. The van der Waals surface area contributed by atoms with Gasteiger partial charge in [-0.3, -0.25) is 4.68 Å². The van der Waals surface area contributed by atoms with E-state index in [9.17, 15) is 0 Å². The third-order valence-corrected chi connectivity index (χ3v) is 3.30. The highest BCUT2D eigenvalue weighted by atomic mass is 32.2. The zero-order valence-electron chi connectivity index (χ0n) is 11.2. The second-order valence-corrected chi connectivity index (χ2v) is 7.66. The van der Waals surface area contributed by atoms with Crippen LogP contribution >= 0.6 is 11.8 Å². The third kappa shape index (κ3) is 5.54. The lowest BCUT2D eigenvalue weighted by Crippen LogP contribution is -2.15. The van der Waals surface area contributed by atoms with Gasteiger partial charge in [0.25, 0.3) is 0 Å². The fourth-order valence-electron chi connectivity index (χ4n) is 1.20. The molecule has 16 heavy (non-hydrogen) atoms. The quantitative estimate of drug-likeness (QED) is 0.759. The smallest absolute Gasteiger partial charge is 0.138 e. The molecule has 1 aromatic heterocycles. The molecule has 92 valence electrons. The molecule has 0 bridgehead atoms. The molecule has 1 aromatic rings. The van der Waals surface area contributed by atoms with E-state index in [0.29, 0.717) is 5.41 Å². The Morgan fingerprint density at radius 3 is 2.25 bits per heavy atom. The Balaban J connectivity index is 2.52. The van der Waals surface area contributed by atoms with Crippen molar-refractivity contribution in [3.8, 4) is 0 Å². The molecule has 0 saturated heterocycles. The molecule has 0 aliphatic carbocycles. The van der Waals surface area contributed by atoms with Gasteiger partial charge in [0.2, 0.25) is 0 Å². The van der Waals surface area contributed by atoms with Crippen molar-refractivity contribution < 1.29 is 0 Å². The van der Waals surface area contributed by atoms with Crippen LogP contribution in [0.5, 0.6) is 0 Å². The van der Waals surface area contributed by atoms with E-state index in [-0.39, 0.29) is 5.41 Å². The van der Waals surface area contributed by atoms with E-state index in [2.05, 4.69) is 51.9 Å². The van der Waals surface area contributed by atoms with Crippen LogP contribution in [0, 0.1) is 10.8 Å². The van der Waals surface area contributed by atoms with E-state index in [1.165, 1.54) is 0 Å². The number of thioether (sulfide) groups is 1. The molecule has 0 spiro atoms. The molecule has 0 radical (unpaired) electrons. The summed E-state index contributed by atoms with van der Waals surface area (Å²) >= 11 is 1.78. The van der Waals surface area contributed by atoms with E-state index in [0.717, 1.165) is 17.3 Å². The highest BCUT2D eigenvalue weighted by Gasteiger charge is 2.15. The normalized spacial score (nSPS) is 13.1. The number of aromatic nitrogens is 3. The summed E-state index contributed by atoms with van der Waals surface area (Å²) in [6, 6.07) is 0. The summed E-state index contributed by atoms with van der Waals surface area (Å²) in [7, 11) is 0. The highest BCUT2D eigenvalue weighted by Crippen LogP contribution is 2.25. The van der Waals surface area contributed by atoms with Gasteiger partial charge in [0, 0.05) is 12.3 Å². The second-order valence-electron chi connectivity index (χ2n) is 6.66. The van der Waals surface area contributed by atoms with Crippen LogP contribution in [-0.4, -0.2) is 20.7 Å². The first kappa shape index (κ1) is 13.6. The van der Waals surface area contributed by atoms with Gasteiger partial charge >= 0.3 is 0 Å². The summed E-state index contributed by atoms with van der Waals surface area (Å²) in [5.41, 5.74) is 0.581. The third-order valence-electron chi connectivity index (χ3n) is 1.81. The predicted octanol–water partition coefficient (Wildman–Crippen LogP) is 3.46. The van der Waals surface area contributed by atoms with Crippen molar-refractivity contribution in [3.05, 3.63) is 6.20 Å². The van der Waals surface area contributed by atoms with E-state index >= 15 is 0 Å². The minimum absolute atomic E-state index is 0.250. The molecular weight excluding hydrogens is 218 g/mol. The zero-order valence-corrected chi connectivity index (χ0v) is 12.1. The molecule has 0 amide bonds. The Kier molecular flexibility index (Phi) is 4.05. The topological polar surface area (TPSA) is 30.7 Å². The lowest BCUT2D eigenvalue weighted by molar-refractivity contribution is 0.321. The standard InChI is InChI=1S/C12H23N3S/c1-11(2,3)8-15-7-10(13-14-15)16-9-12(4,5)6/h7H,8-9H2,1-6H3. The molecular formula is C12H23N3S.